The van der Waals surface area contributed by atoms with Gasteiger partial charge in [0.1, 0.15) is 0 Å². The maximum absolute atomic E-state index is 12.7. The Morgan fingerprint density at radius 1 is 1.04 bits per heavy atom. The van der Waals surface area contributed by atoms with Crippen LogP contribution in [0, 0.1) is 12.8 Å². The normalized spacial score (nSPS) is 25.6. The van der Waals surface area contributed by atoms with Gasteiger partial charge in [0.2, 0.25) is 5.91 Å². The van der Waals surface area contributed by atoms with E-state index in [2.05, 4.69) is 41.8 Å². The van der Waals surface area contributed by atoms with E-state index >= 15 is 0 Å². The Kier molecular flexibility index (Phi) is 4.47. The molecule has 134 valence electrons. The molecule has 3 atom stereocenters. The maximum atomic E-state index is 12.7. The van der Waals surface area contributed by atoms with Crippen molar-refractivity contribution in [1.29, 1.82) is 0 Å². The molecule has 5 heteroatoms. The molecular formula is C21H23N3O2. The third-order valence-corrected chi connectivity index (χ3v) is 5.41. The highest BCUT2D eigenvalue weighted by molar-refractivity contribution is 5.99. The van der Waals surface area contributed by atoms with Crippen molar-refractivity contribution in [2.24, 2.45) is 5.92 Å². The Morgan fingerprint density at radius 2 is 1.77 bits per heavy atom. The van der Waals surface area contributed by atoms with Crippen LogP contribution in [0.25, 0.3) is 0 Å². The Bertz CT molecular complexity index is 804. The van der Waals surface area contributed by atoms with E-state index in [1.165, 1.54) is 5.56 Å². The van der Waals surface area contributed by atoms with Gasteiger partial charge in [0, 0.05) is 12.5 Å². The van der Waals surface area contributed by atoms with Crippen LogP contribution >= 0.6 is 0 Å². The van der Waals surface area contributed by atoms with Gasteiger partial charge in [-0.15, -0.1) is 0 Å². The van der Waals surface area contributed by atoms with Crippen LogP contribution in [0.4, 0.5) is 4.79 Å². The number of hydrogen-bond donors (Lipinski definition) is 2. The molecule has 2 aromatic rings. The molecule has 2 aliphatic heterocycles. The Labute approximate surface area is 153 Å². The minimum atomic E-state index is -0.322. The largest absolute Gasteiger partial charge is 0.325 e. The third kappa shape index (κ3) is 3.10. The number of benzene rings is 2. The zero-order chi connectivity index (χ0) is 18.1. The summed E-state index contributed by atoms with van der Waals surface area (Å²) in [6.45, 7) is 3.32. The van der Waals surface area contributed by atoms with Gasteiger partial charge in [-0.3, -0.25) is 15.4 Å². The van der Waals surface area contributed by atoms with Gasteiger partial charge in [-0.25, -0.2) is 4.79 Å². The number of piperidine rings is 1. The van der Waals surface area contributed by atoms with Crippen LogP contribution in [-0.4, -0.2) is 29.5 Å². The average Bonchev–Trinajstić information content (AvgIpc) is 2.66. The smallest absolute Gasteiger partial charge is 0.304 e. The average molecular weight is 349 g/mol. The molecule has 2 saturated heterocycles. The first-order valence-electron chi connectivity index (χ1n) is 9.09. The second-order valence-electron chi connectivity index (χ2n) is 7.14. The van der Waals surface area contributed by atoms with Crippen LogP contribution in [-0.2, 0) is 11.3 Å². The summed E-state index contributed by atoms with van der Waals surface area (Å²) in [4.78, 5) is 26.9. The zero-order valence-corrected chi connectivity index (χ0v) is 14.8. The number of imide groups is 1. The maximum Gasteiger partial charge on any atom is 0.325 e. The van der Waals surface area contributed by atoms with E-state index in [1.54, 1.807) is 4.90 Å². The van der Waals surface area contributed by atoms with Crippen molar-refractivity contribution in [3.8, 4) is 0 Å². The SMILES string of the molecule is Cc1ccc(C2CCNC3C2C(=O)NC(=O)N3Cc2ccccc2)cc1. The van der Waals surface area contributed by atoms with E-state index in [0.717, 1.165) is 24.1 Å². The third-order valence-electron chi connectivity index (χ3n) is 5.41. The quantitative estimate of drug-likeness (QED) is 0.896. The van der Waals surface area contributed by atoms with Crippen molar-refractivity contribution in [1.82, 2.24) is 15.5 Å². The number of rotatable bonds is 3. The molecule has 0 spiro atoms. The summed E-state index contributed by atoms with van der Waals surface area (Å²) >= 11 is 0. The van der Waals surface area contributed by atoms with Gasteiger partial charge in [-0.1, -0.05) is 60.2 Å². The van der Waals surface area contributed by atoms with Crippen LogP contribution in [0.3, 0.4) is 0 Å². The Morgan fingerprint density at radius 3 is 2.50 bits per heavy atom. The van der Waals surface area contributed by atoms with Crippen LogP contribution in [0.5, 0.6) is 0 Å². The number of fused-ring (bicyclic) bond motifs is 1. The topological polar surface area (TPSA) is 61.4 Å². The van der Waals surface area contributed by atoms with Crippen LogP contribution < -0.4 is 10.6 Å². The number of carbonyl (C=O) groups excluding carboxylic acids is 2. The van der Waals surface area contributed by atoms with E-state index in [-0.39, 0.29) is 29.9 Å². The number of aryl methyl sites for hydroxylation is 1. The standard InChI is InChI=1S/C21H23N3O2/c1-14-7-9-16(10-8-14)17-11-12-22-19-18(17)20(25)23-21(26)24(19)13-15-5-3-2-4-6-15/h2-10,17-19,22H,11-13H2,1H3,(H,23,25,26). The number of amides is 3. The van der Waals surface area contributed by atoms with Crippen molar-refractivity contribution < 1.29 is 9.59 Å². The molecule has 4 rings (SSSR count). The summed E-state index contributed by atoms with van der Waals surface area (Å²) in [5.41, 5.74) is 3.42. The van der Waals surface area contributed by atoms with E-state index in [1.807, 2.05) is 30.3 Å². The molecule has 2 aromatic carbocycles. The summed E-state index contributed by atoms with van der Waals surface area (Å²) in [6.07, 6.45) is 0.599. The summed E-state index contributed by atoms with van der Waals surface area (Å²) in [5.74, 6) is -0.358. The molecule has 2 heterocycles. The van der Waals surface area contributed by atoms with Crippen LogP contribution in [0.1, 0.15) is 29.0 Å². The molecule has 2 aliphatic rings. The molecule has 3 amide bonds. The van der Waals surface area contributed by atoms with Crippen LogP contribution in [0.15, 0.2) is 54.6 Å². The molecule has 26 heavy (non-hydrogen) atoms. The fraction of sp³-hybridized carbons (Fsp3) is 0.333. The molecule has 0 aliphatic carbocycles. The first-order chi connectivity index (χ1) is 12.6. The van der Waals surface area contributed by atoms with E-state index in [4.69, 9.17) is 0 Å². The van der Waals surface area contributed by atoms with Crippen molar-refractivity contribution >= 4 is 11.9 Å². The number of nitrogens with one attached hydrogen (secondary N) is 2. The van der Waals surface area contributed by atoms with Gasteiger partial charge in [-0.2, -0.15) is 0 Å². The monoisotopic (exact) mass is 349 g/mol. The van der Waals surface area contributed by atoms with Gasteiger partial charge in [0.15, 0.2) is 0 Å². The zero-order valence-electron chi connectivity index (χ0n) is 14.8. The van der Waals surface area contributed by atoms with E-state index in [0.29, 0.717) is 6.54 Å². The minimum absolute atomic E-state index is 0.105. The Balaban J connectivity index is 1.64. The van der Waals surface area contributed by atoms with Gasteiger partial charge in [-0.05, 0) is 31.0 Å². The molecule has 2 fully saturated rings. The second-order valence-corrected chi connectivity index (χ2v) is 7.14. The molecule has 5 nitrogen and oxygen atoms in total. The lowest BCUT2D eigenvalue weighted by Crippen LogP contribution is -2.67. The molecule has 0 saturated carbocycles. The lowest BCUT2D eigenvalue weighted by atomic mass is 9.77. The number of urea groups is 1. The fourth-order valence-electron chi connectivity index (χ4n) is 4.07. The van der Waals surface area contributed by atoms with Gasteiger partial charge >= 0.3 is 6.03 Å². The first-order valence-corrected chi connectivity index (χ1v) is 9.09. The number of hydrogen-bond acceptors (Lipinski definition) is 3. The summed E-state index contributed by atoms with van der Waals surface area (Å²) in [5, 5.41) is 5.98. The summed E-state index contributed by atoms with van der Waals surface area (Å²) < 4.78 is 0. The lowest BCUT2D eigenvalue weighted by Gasteiger charge is -2.46. The minimum Gasteiger partial charge on any atom is -0.304 e. The van der Waals surface area contributed by atoms with Gasteiger partial charge < -0.3 is 4.90 Å². The number of nitrogens with zero attached hydrogens (tertiary/aromatic N) is 1. The van der Waals surface area contributed by atoms with Gasteiger partial charge in [0.05, 0.1) is 12.1 Å². The highest BCUT2D eigenvalue weighted by atomic mass is 16.2. The van der Waals surface area contributed by atoms with Crippen molar-refractivity contribution in [2.75, 3.05) is 6.54 Å². The molecule has 2 N–H and O–H groups in total. The Hall–Kier alpha value is -2.66. The first kappa shape index (κ1) is 16.8. The van der Waals surface area contributed by atoms with Crippen LogP contribution in [0.2, 0.25) is 0 Å². The summed E-state index contributed by atoms with van der Waals surface area (Å²) in [7, 11) is 0. The van der Waals surface area contributed by atoms with Crippen molar-refractivity contribution in [3.05, 3.63) is 71.3 Å². The predicted octanol–water partition coefficient (Wildman–Crippen LogP) is 2.77. The van der Waals surface area contributed by atoms with Crippen molar-refractivity contribution in [2.45, 2.75) is 32.0 Å². The van der Waals surface area contributed by atoms with E-state index < -0.39 is 0 Å². The highest BCUT2D eigenvalue weighted by Gasteiger charge is 2.47. The van der Waals surface area contributed by atoms with Gasteiger partial charge in [0.25, 0.3) is 0 Å². The predicted molar refractivity (Wildman–Crippen MR) is 99.3 cm³/mol. The molecular weight excluding hydrogens is 326 g/mol. The highest BCUT2D eigenvalue weighted by Crippen LogP contribution is 2.37. The molecule has 0 bridgehead atoms. The summed E-state index contributed by atoms with van der Waals surface area (Å²) in [6, 6.07) is 17.9. The fourth-order valence-corrected chi connectivity index (χ4v) is 4.07. The molecule has 3 unspecified atom stereocenters. The molecule has 0 radical (unpaired) electrons. The van der Waals surface area contributed by atoms with E-state index in [9.17, 15) is 9.59 Å². The lowest BCUT2D eigenvalue weighted by molar-refractivity contribution is -0.131. The molecule has 0 aromatic heterocycles. The number of carbonyl (C=O) groups is 2. The van der Waals surface area contributed by atoms with Crippen molar-refractivity contribution in [3.63, 3.8) is 0 Å². The second kappa shape index (κ2) is 6.92.